The smallest absolute Gasteiger partial charge is 0.276 e. The Morgan fingerprint density at radius 2 is 2.48 bits per heavy atom. The summed E-state index contributed by atoms with van der Waals surface area (Å²) in [4.78, 5) is 18.5. The topological polar surface area (TPSA) is 132 Å². The fraction of sp³-hybridized carbons (Fsp3) is 0.462. The van der Waals surface area contributed by atoms with Gasteiger partial charge in [-0.25, -0.2) is 4.98 Å². The number of ether oxygens (including phenoxy) is 2. The highest BCUT2D eigenvalue weighted by molar-refractivity contribution is 5.95. The van der Waals surface area contributed by atoms with E-state index in [0.29, 0.717) is 44.4 Å². The molecule has 0 bridgehead atoms. The molecular weight excluding hydrogens is 302 g/mol. The van der Waals surface area contributed by atoms with E-state index >= 15 is 0 Å². The van der Waals surface area contributed by atoms with Crippen molar-refractivity contribution in [2.24, 2.45) is 5.73 Å². The van der Waals surface area contributed by atoms with Crippen LogP contribution in [0.4, 0.5) is 0 Å². The average molecular weight is 319 g/mol. The lowest BCUT2D eigenvalue weighted by atomic mass is 10.2. The van der Waals surface area contributed by atoms with E-state index in [4.69, 9.17) is 15.2 Å². The molecule has 1 atom stereocenters. The highest BCUT2D eigenvalue weighted by atomic mass is 16.5. The molecule has 2 aromatic heterocycles. The Bertz CT molecular complexity index is 649. The molecule has 0 aromatic carbocycles. The highest BCUT2D eigenvalue weighted by Gasteiger charge is 2.30. The van der Waals surface area contributed by atoms with Crippen molar-refractivity contribution in [3.63, 3.8) is 0 Å². The predicted octanol–water partition coefficient (Wildman–Crippen LogP) is -0.854. The van der Waals surface area contributed by atoms with Crippen LogP contribution in [0.2, 0.25) is 0 Å². The van der Waals surface area contributed by atoms with Crippen molar-refractivity contribution in [2.75, 3.05) is 32.8 Å². The second kappa shape index (κ2) is 7.11. The highest BCUT2D eigenvalue weighted by Crippen LogP contribution is 2.22. The third-order valence-corrected chi connectivity index (χ3v) is 3.35. The number of nitrogens with zero attached hydrogens (tertiary/aromatic N) is 5. The third kappa shape index (κ3) is 3.43. The number of carbonyl (C=O) groups is 1. The van der Waals surface area contributed by atoms with Gasteiger partial charge in [-0.05, 0) is 12.1 Å². The number of H-pyrrole nitrogens is 1. The zero-order valence-electron chi connectivity index (χ0n) is 12.4. The molecule has 10 nitrogen and oxygen atoms in total. The minimum atomic E-state index is -0.413. The van der Waals surface area contributed by atoms with E-state index in [-0.39, 0.29) is 11.6 Å². The van der Waals surface area contributed by atoms with Crippen LogP contribution in [0.15, 0.2) is 18.3 Å². The number of hydrogen-bond acceptors (Lipinski definition) is 8. The van der Waals surface area contributed by atoms with E-state index in [2.05, 4.69) is 25.6 Å². The molecule has 1 amide bonds. The van der Waals surface area contributed by atoms with Crippen molar-refractivity contribution >= 4 is 5.91 Å². The van der Waals surface area contributed by atoms with Crippen molar-refractivity contribution in [1.29, 1.82) is 0 Å². The first-order chi connectivity index (χ1) is 11.3. The molecule has 1 saturated heterocycles. The van der Waals surface area contributed by atoms with E-state index in [1.807, 2.05) is 0 Å². The summed E-state index contributed by atoms with van der Waals surface area (Å²) in [5.41, 5.74) is 5.70. The first-order valence-corrected chi connectivity index (χ1v) is 7.21. The zero-order valence-corrected chi connectivity index (χ0v) is 12.4. The van der Waals surface area contributed by atoms with Gasteiger partial charge in [0, 0.05) is 19.3 Å². The number of nitrogens with one attached hydrogen (secondary N) is 1. The molecule has 0 saturated carbocycles. The largest absolute Gasteiger partial charge is 0.490 e. The van der Waals surface area contributed by atoms with E-state index in [0.717, 1.165) is 0 Å². The Kier molecular flexibility index (Phi) is 4.74. The van der Waals surface area contributed by atoms with Gasteiger partial charge in [-0.3, -0.25) is 4.79 Å². The summed E-state index contributed by atoms with van der Waals surface area (Å²) in [7, 11) is 0. The lowest BCUT2D eigenvalue weighted by Crippen LogP contribution is -2.43. The summed E-state index contributed by atoms with van der Waals surface area (Å²) in [5.74, 6) is 0.614. The summed E-state index contributed by atoms with van der Waals surface area (Å²) in [6.07, 6.45) is 1.14. The lowest BCUT2D eigenvalue weighted by Gasteiger charge is -2.31. The maximum absolute atomic E-state index is 12.7. The van der Waals surface area contributed by atoms with Gasteiger partial charge in [-0.2, -0.15) is 5.21 Å². The van der Waals surface area contributed by atoms with Gasteiger partial charge in [0.25, 0.3) is 5.91 Å². The normalized spacial score (nSPS) is 18.0. The Hall–Kier alpha value is -2.59. The van der Waals surface area contributed by atoms with Gasteiger partial charge in [-0.1, -0.05) is 5.21 Å². The monoisotopic (exact) mass is 319 g/mol. The van der Waals surface area contributed by atoms with E-state index in [1.165, 1.54) is 0 Å². The summed E-state index contributed by atoms with van der Waals surface area (Å²) in [6.45, 7) is 1.85. The summed E-state index contributed by atoms with van der Waals surface area (Å²) in [5, 5.41) is 13.7. The first-order valence-electron chi connectivity index (χ1n) is 7.21. The molecule has 2 aromatic rings. The van der Waals surface area contributed by atoms with Crippen LogP contribution >= 0.6 is 0 Å². The van der Waals surface area contributed by atoms with E-state index in [9.17, 15) is 4.79 Å². The Morgan fingerprint density at radius 3 is 3.26 bits per heavy atom. The average Bonchev–Trinajstić information content (AvgIpc) is 3.14. The van der Waals surface area contributed by atoms with Crippen molar-refractivity contribution in [3.8, 4) is 5.75 Å². The molecule has 0 spiro atoms. The molecule has 122 valence electrons. The Labute approximate surface area is 132 Å². The summed E-state index contributed by atoms with van der Waals surface area (Å²) >= 11 is 0. The van der Waals surface area contributed by atoms with Crippen LogP contribution in [0.1, 0.15) is 22.4 Å². The number of rotatable bonds is 5. The maximum Gasteiger partial charge on any atom is 0.276 e. The molecule has 0 radical (unpaired) electrons. The molecule has 1 fully saturated rings. The lowest BCUT2D eigenvalue weighted by molar-refractivity contribution is -0.0270. The van der Waals surface area contributed by atoms with Gasteiger partial charge in [0.05, 0.1) is 13.2 Å². The van der Waals surface area contributed by atoms with Crippen LogP contribution in [0.3, 0.4) is 0 Å². The van der Waals surface area contributed by atoms with Gasteiger partial charge >= 0.3 is 0 Å². The van der Waals surface area contributed by atoms with Crippen LogP contribution in [0.25, 0.3) is 0 Å². The molecule has 3 N–H and O–H groups in total. The van der Waals surface area contributed by atoms with Gasteiger partial charge in [0.2, 0.25) is 5.82 Å². The quantitative estimate of drug-likeness (QED) is 0.728. The number of nitrogens with two attached hydrogens (primary N) is 1. The van der Waals surface area contributed by atoms with Gasteiger partial charge in [-0.15, -0.1) is 10.2 Å². The van der Waals surface area contributed by atoms with Crippen molar-refractivity contribution in [1.82, 2.24) is 30.5 Å². The number of morpholine rings is 1. The van der Waals surface area contributed by atoms with Crippen LogP contribution in [-0.2, 0) is 4.74 Å². The van der Waals surface area contributed by atoms with Gasteiger partial charge < -0.3 is 20.1 Å². The molecule has 10 heteroatoms. The first kappa shape index (κ1) is 15.3. The number of carbonyl (C=O) groups excluding carboxylic acids is 1. The molecule has 1 aliphatic rings. The number of aromatic nitrogens is 5. The molecule has 1 aliphatic heterocycles. The molecule has 3 heterocycles. The van der Waals surface area contributed by atoms with E-state index < -0.39 is 6.10 Å². The second-order valence-corrected chi connectivity index (χ2v) is 4.87. The molecule has 1 unspecified atom stereocenters. The maximum atomic E-state index is 12.7. The Morgan fingerprint density at radius 1 is 1.57 bits per heavy atom. The van der Waals surface area contributed by atoms with Crippen molar-refractivity contribution in [2.45, 2.75) is 6.10 Å². The second-order valence-electron chi connectivity index (χ2n) is 4.87. The van der Waals surface area contributed by atoms with Crippen LogP contribution in [0, 0.1) is 0 Å². The van der Waals surface area contributed by atoms with Crippen molar-refractivity contribution < 1.29 is 14.3 Å². The molecule has 0 aliphatic carbocycles. The van der Waals surface area contributed by atoms with E-state index in [1.54, 1.807) is 23.2 Å². The van der Waals surface area contributed by atoms with Crippen LogP contribution in [-0.4, -0.2) is 69.3 Å². The minimum absolute atomic E-state index is 0.227. The van der Waals surface area contributed by atoms with Crippen LogP contribution < -0.4 is 10.5 Å². The summed E-state index contributed by atoms with van der Waals surface area (Å²) in [6, 6.07) is 3.41. The number of amides is 1. The number of tetrazole rings is 1. The SMILES string of the molecule is NCCOc1cccnc1C(=O)N1CCOC(c2nn[nH]n2)C1. The van der Waals surface area contributed by atoms with Gasteiger partial charge in [0.15, 0.2) is 11.4 Å². The van der Waals surface area contributed by atoms with Crippen molar-refractivity contribution in [3.05, 3.63) is 29.8 Å². The Balaban J connectivity index is 1.75. The number of pyridine rings is 1. The zero-order chi connectivity index (χ0) is 16.1. The fourth-order valence-corrected chi connectivity index (χ4v) is 2.28. The number of hydrogen-bond donors (Lipinski definition) is 2. The predicted molar refractivity (Wildman–Crippen MR) is 77.6 cm³/mol. The third-order valence-electron chi connectivity index (χ3n) is 3.35. The van der Waals surface area contributed by atoms with Gasteiger partial charge in [0.1, 0.15) is 12.7 Å². The standard InChI is InChI=1S/C13H17N7O3/c14-3-6-22-9-2-1-4-15-11(9)13(21)20-5-7-23-10(8-20)12-16-18-19-17-12/h1-2,4,10H,3,5-8,14H2,(H,16,17,18,19). The van der Waals surface area contributed by atoms with Crippen LogP contribution in [0.5, 0.6) is 5.75 Å². The minimum Gasteiger partial charge on any atom is -0.490 e. The fourth-order valence-electron chi connectivity index (χ4n) is 2.28. The number of aromatic amines is 1. The summed E-state index contributed by atoms with van der Waals surface area (Å²) < 4.78 is 11.1. The molecule has 23 heavy (non-hydrogen) atoms. The molecular formula is C13H17N7O3. The molecule has 3 rings (SSSR count).